The number of benzene rings is 2. The van der Waals surface area contributed by atoms with Crippen molar-refractivity contribution in [2.75, 3.05) is 24.3 Å². The first-order valence-corrected chi connectivity index (χ1v) is 8.15. The van der Waals surface area contributed by atoms with Crippen LogP contribution in [0, 0.1) is 0 Å². The molecule has 4 N–H and O–H groups in total. The maximum Gasteiger partial charge on any atom is 0.411 e. The van der Waals surface area contributed by atoms with Crippen LogP contribution in [0.5, 0.6) is 0 Å². The van der Waals surface area contributed by atoms with Crippen molar-refractivity contribution < 1.29 is 18.9 Å². The summed E-state index contributed by atoms with van der Waals surface area (Å²) in [5.41, 5.74) is 6.32. The molecule has 1 atom stereocenters. The number of hydrogen-bond acceptors (Lipinski definition) is 5. The third-order valence-electron chi connectivity index (χ3n) is 3.02. The lowest BCUT2D eigenvalue weighted by atomic mass is 10.3. The van der Waals surface area contributed by atoms with E-state index in [1.165, 1.54) is 7.11 Å². The number of carbonyl (C=O) groups is 2. The summed E-state index contributed by atoms with van der Waals surface area (Å²) in [5.74, 6) is -0.323. The quantitative estimate of drug-likeness (QED) is 0.715. The van der Waals surface area contributed by atoms with Gasteiger partial charge in [-0.05, 0) is 36.4 Å². The fraction of sp³-hybridized carbons (Fsp3) is 0.125. The van der Waals surface area contributed by atoms with Gasteiger partial charge in [0.25, 0.3) is 0 Å². The first kappa shape index (κ1) is 17.8. The lowest BCUT2D eigenvalue weighted by molar-refractivity contribution is -0.114. The van der Waals surface area contributed by atoms with Gasteiger partial charge in [0.2, 0.25) is 5.91 Å². The second-order valence-corrected chi connectivity index (χ2v) is 6.17. The number of rotatable bonds is 5. The van der Waals surface area contributed by atoms with E-state index in [0.29, 0.717) is 21.2 Å². The van der Waals surface area contributed by atoms with Gasteiger partial charge in [0, 0.05) is 28.6 Å². The van der Waals surface area contributed by atoms with E-state index in [-0.39, 0.29) is 12.5 Å². The number of anilines is 2. The number of carbonyl (C=O) groups excluding carboxylic acids is 2. The van der Waals surface area contributed by atoms with Crippen molar-refractivity contribution in [2.45, 2.75) is 9.79 Å². The van der Waals surface area contributed by atoms with Crippen molar-refractivity contribution in [3.63, 3.8) is 0 Å². The van der Waals surface area contributed by atoms with Crippen LogP contribution in [0.4, 0.5) is 16.2 Å². The Morgan fingerprint density at radius 2 is 1.79 bits per heavy atom. The summed E-state index contributed by atoms with van der Waals surface area (Å²) in [4.78, 5) is 23.6. The number of hydrogen-bond donors (Lipinski definition) is 3. The molecule has 0 aromatic heterocycles. The molecule has 0 radical (unpaired) electrons. The van der Waals surface area contributed by atoms with E-state index < -0.39 is 17.3 Å². The van der Waals surface area contributed by atoms with Crippen LogP contribution in [0.25, 0.3) is 0 Å². The average Bonchev–Trinajstić information content (AvgIpc) is 2.61. The summed E-state index contributed by atoms with van der Waals surface area (Å²) in [6.45, 7) is -0.123. The molecule has 0 bridgehead atoms. The zero-order chi connectivity index (χ0) is 17.5. The van der Waals surface area contributed by atoms with Gasteiger partial charge >= 0.3 is 6.09 Å². The Morgan fingerprint density at radius 3 is 2.42 bits per heavy atom. The molecule has 2 rings (SSSR count). The Kier molecular flexibility index (Phi) is 6.19. The van der Waals surface area contributed by atoms with Gasteiger partial charge in [-0.25, -0.2) is 4.79 Å². The summed E-state index contributed by atoms with van der Waals surface area (Å²) in [6.07, 6.45) is -0.577. The topological polar surface area (TPSA) is 117 Å². The molecule has 1 unspecified atom stereocenters. The summed E-state index contributed by atoms with van der Waals surface area (Å²) in [6, 6.07) is 13.3. The fourth-order valence-electron chi connectivity index (χ4n) is 1.87. The zero-order valence-electron chi connectivity index (χ0n) is 12.9. The van der Waals surface area contributed by atoms with Crippen LogP contribution in [0.15, 0.2) is 58.3 Å². The van der Waals surface area contributed by atoms with E-state index in [0.717, 1.165) is 0 Å². The van der Waals surface area contributed by atoms with E-state index in [4.69, 9.17) is 5.73 Å². The Morgan fingerprint density at radius 1 is 1.08 bits per heavy atom. The summed E-state index contributed by atoms with van der Waals surface area (Å²) in [7, 11) is 1.27. The number of amides is 2. The largest absolute Gasteiger partial charge is 0.606 e. The molecule has 0 saturated heterocycles. The zero-order valence-corrected chi connectivity index (χ0v) is 13.8. The van der Waals surface area contributed by atoms with E-state index in [1.54, 1.807) is 48.5 Å². The van der Waals surface area contributed by atoms with Gasteiger partial charge < -0.3 is 20.3 Å². The molecule has 7 nitrogen and oxygen atoms in total. The highest BCUT2D eigenvalue weighted by Crippen LogP contribution is 2.24. The standard InChI is InChI=1S/C16H17N3O4S/c1-23-16(21)19-11-5-7-13(8-6-11)24(22)14-4-2-3-12(9-14)18-15(20)10-17/h2-9H,10,17H2,1H3,(H,18,20)(H,19,21). The first-order chi connectivity index (χ1) is 11.5. The van der Waals surface area contributed by atoms with E-state index >= 15 is 0 Å². The SMILES string of the molecule is COC(=O)Nc1ccc([S+]([O-])c2cccc(NC(=O)CN)c2)cc1. The van der Waals surface area contributed by atoms with E-state index in [9.17, 15) is 14.1 Å². The molecule has 8 heteroatoms. The third-order valence-corrected chi connectivity index (χ3v) is 4.40. The van der Waals surface area contributed by atoms with E-state index in [1.807, 2.05) is 0 Å². The molecule has 126 valence electrons. The molecular weight excluding hydrogens is 330 g/mol. The summed E-state index contributed by atoms with van der Waals surface area (Å²) < 4.78 is 17.1. The van der Waals surface area contributed by atoms with Gasteiger partial charge in [0.05, 0.1) is 13.7 Å². The van der Waals surface area contributed by atoms with Crippen molar-refractivity contribution in [2.24, 2.45) is 5.73 Å². The van der Waals surface area contributed by atoms with Crippen LogP contribution in [0.1, 0.15) is 0 Å². The molecule has 0 aliphatic carbocycles. The minimum atomic E-state index is -1.42. The van der Waals surface area contributed by atoms with Gasteiger partial charge in [-0.15, -0.1) is 0 Å². The van der Waals surface area contributed by atoms with Crippen LogP contribution in [-0.4, -0.2) is 30.2 Å². The van der Waals surface area contributed by atoms with Gasteiger partial charge in [0.1, 0.15) is 0 Å². The van der Waals surface area contributed by atoms with Crippen molar-refractivity contribution in [3.05, 3.63) is 48.5 Å². The Balaban J connectivity index is 2.13. The molecule has 2 aromatic rings. The molecule has 0 aliphatic heterocycles. The summed E-state index contributed by atoms with van der Waals surface area (Å²) in [5, 5.41) is 5.13. The lowest BCUT2D eigenvalue weighted by Gasteiger charge is -2.12. The van der Waals surface area contributed by atoms with Crippen LogP contribution in [0.3, 0.4) is 0 Å². The Bertz CT molecular complexity index is 722. The van der Waals surface area contributed by atoms with Crippen LogP contribution < -0.4 is 16.4 Å². The smallest absolute Gasteiger partial charge is 0.411 e. The van der Waals surface area contributed by atoms with Gasteiger partial charge in [-0.2, -0.15) is 0 Å². The van der Waals surface area contributed by atoms with Crippen molar-refractivity contribution in [1.29, 1.82) is 0 Å². The molecule has 0 saturated carbocycles. The molecular formula is C16H17N3O4S. The number of nitrogens with two attached hydrogens (primary N) is 1. The predicted molar refractivity (Wildman–Crippen MR) is 91.3 cm³/mol. The molecule has 0 heterocycles. The molecule has 0 spiro atoms. The third kappa shape index (κ3) is 4.72. The maximum atomic E-state index is 12.6. The molecule has 2 aromatic carbocycles. The molecule has 2 amide bonds. The minimum Gasteiger partial charge on any atom is -0.606 e. The lowest BCUT2D eigenvalue weighted by Crippen LogP contribution is -2.21. The van der Waals surface area contributed by atoms with Crippen molar-refractivity contribution >= 4 is 34.6 Å². The molecule has 0 fully saturated rings. The first-order valence-electron chi connectivity index (χ1n) is 7.00. The number of methoxy groups -OCH3 is 1. The highest BCUT2D eigenvalue weighted by Gasteiger charge is 2.16. The number of nitrogens with one attached hydrogen (secondary N) is 2. The minimum absolute atomic E-state index is 0.123. The average molecular weight is 347 g/mol. The Labute approximate surface area is 142 Å². The predicted octanol–water partition coefficient (Wildman–Crippen LogP) is 1.93. The van der Waals surface area contributed by atoms with Gasteiger partial charge in [0.15, 0.2) is 9.79 Å². The second kappa shape index (κ2) is 8.34. The monoisotopic (exact) mass is 347 g/mol. The van der Waals surface area contributed by atoms with Crippen LogP contribution in [-0.2, 0) is 20.7 Å². The highest BCUT2D eigenvalue weighted by molar-refractivity contribution is 7.91. The highest BCUT2D eigenvalue weighted by atomic mass is 32.2. The maximum absolute atomic E-state index is 12.6. The van der Waals surface area contributed by atoms with Gasteiger partial charge in [-0.3, -0.25) is 10.1 Å². The summed E-state index contributed by atoms with van der Waals surface area (Å²) >= 11 is -1.42. The second-order valence-electron chi connectivity index (χ2n) is 4.69. The van der Waals surface area contributed by atoms with E-state index in [2.05, 4.69) is 15.4 Å². The molecule has 24 heavy (non-hydrogen) atoms. The normalized spacial score (nSPS) is 11.5. The van der Waals surface area contributed by atoms with Crippen molar-refractivity contribution in [1.82, 2.24) is 0 Å². The number of ether oxygens (including phenoxy) is 1. The fourth-order valence-corrected chi connectivity index (χ4v) is 2.96. The van der Waals surface area contributed by atoms with Crippen molar-refractivity contribution in [3.8, 4) is 0 Å². The van der Waals surface area contributed by atoms with Gasteiger partial charge in [-0.1, -0.05) is 6.07 Å². The molecule has 0 aliphatic rings. The van der Waals surface area contributed by atoms with Crippen LogP contribution in [0.2, 0.25) is 0 Å². The Hall–Kier alpha value is -2.55. The van der Waals surface area contributed by atoms with Crippen LogP contribution >= 0.6 is 0 Å².